The summed E-state index contributed by atoms with van der Waals surface area (Å²) < 4.78 is 24.5. The molecular weight excluding hydrogens is 349 g/mol. The topological polar surface area (TPSA) is 76.2 Å². The monoisotopic (exact) mass is 367 g/mol. The summed E-state index contributed by atoms with van der Waals surface area (Å²) in [6.45, 7) is 0.250. The zero-order chi connectivity index (χ0) is 18.8. The maximum Gasteiger partial charge on any atom is 0.231 e. The SMILES string of the molecule is COc1cc(-c2cn[nH]c2)ccc1NC(=O)C1COc2ccc(F)cc2C1. The second-order valence-corrected chi connectivity index (χ2v) is 6.36. The molecule has 0 radical (unpaired) electrons. The molecule has 1 atom stereocenters. The molecule has 1 amide bonds. The fraction of sp³-hybridized carbons (Fsp3) is 0.200. The van der Waals surface area contributed by atoms with E-state index in [9.17, 15) is 9.18 Å². The molecule has 138 valence electrons. The summed E-state index contributed by atoms with van der Waals surface area (Å²) in [7, 11) is 1.55. The molecule has 1 aliphatic heterocycles. The lowest BCUT2D eigenvalue weighted by Crippen LogP contribution is -2.32. The minimum atomic E-state index is -0.405. The highest BCUT2D eigenvalue weighted by Crippen LogP contribution is 2.32. The van der Waals surface area contributed by atoms with Crippen LogP contribution in [0.5, 0.6) is 11.5 Å². The van der Waals surface area contributed by atoms with Gasteiger partial charge in [0.2, 0.25) is 5.91 Å². The van der Waals surface area contributed by atoms with Gasteiger partial charge in [0, 0.05) is 11.8 Å². The number of hydrogen-bond donors (Lipinski definition) is 2. The van der Waals surface area contributed by atoms with Gasteiger partial charge in [-0.3, -0.25) is 9.89 Å². The number of ether oxygens (including phenoxy) is 2. The van der Waals surface area contributed by atoms with Crippen molar-refractivity contribution in [1.82, 2.24) is 10.2 Å². The number of anilines is 1. The van der Waals surface area contributed by atoms with Crippen LogP contribution in [0.25, 0.3) is 11.1 Å². The van der Waals surface area contributed by atoms with Gasteiger partial charge in [-0.2, -0.15) is 5.10 Å². The van der Waals surface area contributed by atoms with Gasteiger partial charge < -0.3 is 14.8 Å². The minimum absolute atomic E-state index is 0.195. The van der Waals surface area contributed by atoms with E-state index in [2.05, 4.69) is 15.5 Å². The molecule has 0 spiro atoms. The van der Waals surface area contributed by atoms with E-state index >= 15 is 0 Å². The molecule has 3 aromatic rings. The van der Waals surface area contributed by atoms with E-state index in [0.29, 0.717) is 29.2 Å². The number of nitrogens with one attached hydrogen (secondary N) is 2. The van der Waals surface area contributed by atoms with E-state index in [0.717, 1.165) is 11.1 Å². The van der Waals surface area contributed by atoms with Crippen molar-refractivity contribution < 1.29 is 18.7 Å². The highest BCUT2D eigenvalue weighted by molar-refractivity contribution is 5.95. The van der Waals surface area contributed by atoms with Crippen LogP contribution in [0.1, 0.15) is 5.56 Å². The van der Waals surface area contributed by atoms with E-state index in [-0.39, 0.29) is 18.3 Å². The number of carbonyl (C=O) groups excluding carboxylic acids is 1. The lowest BCUT2D eigenvalue weighted by atomic mass is 9.95. The van der Waals surface area contributed by atoms with Gasteiger partial charge in [-0.1, -0.05) is 6.07 Å². The van der Waals surface area contributed by atoms with Crippen LogP contribution in [-0.4, -0.2) is 29.8 Å². The number of halogens is 1. The number of methoxy groups -OCH3 is 1. The molecule has 1 aliphatic rings. The quantitative estimate of drug-likeness (QED) is 0.741. The van der Waals surface area contributed by atoms with Gasteiger partial charge in [0.05, 0.1) is 24.9 Å². The van der Waals surface area contributed by atoms with Gasteiger partial charge in [-0.05, 0) is 47.9 Å². The van der Waals surface area contributed by atoms with Crippen LogP contribution in [0.2, 0.25) is 0 Å². The maximum atomic E-state index is 13.4. The maximum absolute atomic E-state index is 13.4. The van der Waals surface area contributed by atoms with E-state index in [4.69, 9.17) is 9.47 Å². The Morgan fingerprint density at radius 3 is 2.96 bits per heavy atom. The number of fused-ring (bicyclic) bond motifs is 1. The molecule has 4 rings (SSSR count). The largest absolute Gasteiger partial charge is 0.495 e. The lowest BCUT2D eigenvalue weighted by Gasteiger charge is -2.25. The molecule has 7 heteroatoms. The molecule has 0 aliphatic carbocycles. The number of aromatic nitrogens is 2. The number of rotatable bonds is 4. The summed E-state index contributed by atoms with van der Waals surface area (Å²) in [5.41, 5.74) is 3.11. The third-order valence-corrected chi connectivity index (χ3v) is 4.59. The molecule has 6 nitrogen and oxygen atoms in total. The Kier molecular flexibility index (Phi) is 4.50. The van der Waals surface area contributed by atoms with Crippen molar-refractivity contribution in [3.63, 3.8) is 0 Å². The molecule has 0 fully saturated rings. The first kappa shape index (κ1) is 17.1. The number of carbonyl (C=O) groups is 1. The van der Waals surface area contributed by atoms with Crippen LogP contribution in [0.3, 0.4) is 0 Å². The first-order valence-corrected chi connectivity index (χ1v) is 8.53. The van der Waals surface area contributed by atoms with E-state index < -0.39 is 5.92 Å². The van der Waals surface area contributed by atoms with Crippen LogP contribution < -0.4 is 14.8 Å². The molecule has 1 unspecified atom stereocenters. The summed E-state index contributed by atoms with van der Waals surface area (Å²) in [5, 5.41) is 9.59. The van der Waals surface area contributed by atoms with Crippen molar-refractivity contribution in [2.45, 2.75) is 6.42 Å². The van der Waals surface area contributed by atoms with Gasteiger partial charge in [-0.25, -0.2) is 4.39 Å². The Balaban J connectivity index is 1.51. The molecule has 0 saturated heterocycles. The van der Waals surface area contributed by atoms with Crippen LogP contribution >= 0.6 is 0 Å². The molecule has 1 aromatic heterocycles. The molecule has 2 N–H and O–H groups in total. The van der Waals surface area contributed by atoms with Crippen molar-refractivity contribution in [3.05, 3.63) is 60.2 Å². The van der Waals surface area contributed by atoms with Crippen molar-refractivity contribution in [2.75, 3.05) is 19.0 Å². The second-order valence-electron chi connectivity index (χ2n) is 6.36. The fourth-order valence-electron chi connectivity index (χ4n) is 3.15. The first-order valence-electron chi connectivity index (χ1n) is 8.53. The average molecular weight is 367 g/mol. The number of benzene rings is 2. The lowest BCUT2D eigenvalue weighted by molar-refractivity contribution is -0.121. The zero-order valence-electron chi connectivity index (χ0n) is 14.7. The van der Waals surface area contributed by atoms with Crippen molar-refractivity contribution >= 4 is 11.6 Å². The highest BCUT2D eigenvalue weighted by atomic mass is 19.1. The third kappa shape index (κ3) is 3.48. The van der Waals surface area contributed by atoms with Crippen LogP contribution in [0.4, 0.5) is 10.1 Å². The predicted octanol–water partition coefficient (Wildman–Crippen LogP) is 3.41. The minimum Gasteiger partial charge on any atom is -0.495 e. The van der Waals surface area contributed by atoms with Gasteiger partial charge in [0.25, 0.3) is 0 Å². The number of aromatic amines is 1. The predicted molar refractivity (Wildman–Crippen MR) is 98.3 cm³/mol. The molecular formula is C20H18FN3O3. The number of amides is 1. The number of H-pyrrole nitrogens is 1. The Morgan fingerprint density at radius 1 is 1.30 bits per heavy atom. The van der Waals surface area contributed by atoms with Crippen molar-refractivity contribution in [1.29, 1.82) is 0 Å². The van der Waals surface area contributed by atoms with Gasteiger partial charge in [0.15, 0.2) is 0 Å². The number of hydrogen-bond acceptors (Lipinski definition) is 4. The Bertz CT molecular complexity index is 973. The molecule has 0 saturated carbocycles. The second kappa shape index (κ2) is 7.11. The fourth-order valence-corrected chi connectivity index (χ4v) is 3.15. The van der Waals surface area contributed by atoms with E-state index in [1.807, 2.05) is 12.1 Å². The van der Waals surface area contributed by atoms with Crippen LogP contribution in [0.15, 0.2) is 48.8 Å². The molecule has 27 heavy (non-hydrogen) atoms. The Hall–Kier alpha value is -3.35. The highest BCUT2D eigenvalue weighted by Gasteiger charge is 2.27. The van der Waals surface area contributed by atoms with Crippen LogP contribution in [-0.2, 0) is 11.2 Å². The van der Waals surface area contributed by atoms with E-state index in [1.165, 1.54) is 12.1 Å². The Morgan fingerprint density at radius 2 is 2.19 bits per heavy atom. The first-order chi connectivity index (χ1) is 13.1. The number of nitrogens with zero attached hydrogens (tertiary/aromatic N) is 1. The zero-order valence-corrected chi connectivity index (χ0v) is 14.7. The summed E-state index contributed by atoms with van der Waals surface area (Å²) in [6.07, 6.45) is 3.92. The summed E-state index contributed by atoms with van der Waals surface area (Å²) in [4.78, 5) is 12.7. The summed E-state index contributed by atoms with van der Waals surface area (Å²) in [5.74, 6) is 0.236. The van der Waals surface area contributed by atoms with Crippen molar-refractivity contribution in [2.24, 2.45) is 5.92 Å². The summed E-state index contributed by atoms with van der Waals surface area (Å²) >= 11 is 0. The molecule has 2 heterocycles. The third-order valence-electron chi connectivity index (χ3n) is 4.59. The summed E-state index contributed by atoms with van der Waals surface area (Å²) in [6, 6.07) is 9.86. The molecule has 0 bridgehead atoms. The Labute approximate surface area is 155 Å². The van der Waals surface area contributed by atoms with Crippen molar-refractivity contribution in [3.8, 4) is 22.6 Å². The normalized spacial score (nSPS) is 15.6. The van der Waals surface area contributed by atoms with Gasteiger partial charge >= 0.3 is 0 Å². The van der Waals surface area contributed by atoms with Gasteiger partial charge in [0.1, 0.15) is 23.9 Å². The molecule has 2 aromatic carbocycles. The van der Waals surface area contributed by atoms with E-state index in [1.54, 1.807) is 31.6 Å². The van der Waals surface area contributed by atoms with Gasteiger partial charge in [-0.15, -0.1) is 0 Å². The average Bonchev–Trinajstić information content (AvgIpc) is 3.22. The smallest absolute Gasteiger partial charge is 0.231 e. The van der Waals surface area contributed by atoms with Crippen LogP contribution in [0, 0.1) is 11.7 Å². The standard InChI is InChI=1S/C20H18FN3O3/c1-26-19-8-12(15-9-22-23-10-15)2-4-17(19)24-20(25)14-6-13-7-16(21)3-5-18(13)27-11-14/h2-5,7-10,14H,6,11H2,1H3,(H,22,23)(H,24,25).